The number of anilines is 1. The van der Waals surface area contributed by atoms with Crippen LogP contribution in [0.2, 0.25) is 0 Å². The number of nitrogens with zero attached hydrogens (tertiary/aromatic N) is 6. The van der Waals surface area contributed by atoms with Crippen molar-refractivity contribution in [2.24, 2.45) is 0 Å². The molecule has 1 aliphatic heterocycles. The molecule has 33 heavy (non-hydrogen) atoms. The third-order valence-electron chi connectivity index (χ3n) is 6.07. The van der Waals surface area contributed by atoms with Gasteiger partial charge in [-0.25, -0.2) is 22.1 Å². The number of sulfonamides is 1. The average Bonchev–Trinajstić information content (AvgIpc) is 3.14. The van der Waals surface area contributed by atoms with E-state index < -0.39 is 10.0 Å². The lowest BCUT2D eigenvalue weighted by Crippen LogP contribution is -2.36. The molecule has 2 aromatic heterocycles. The zero-order valence-electron chi connectivity index (χ0n) is 18.7. The van der Waals surface area contributed by atoms with Gasteiger partial charge in [0, 0.05) is 37.1 Å². The van der Waals surface area contributed by atoms with Crippen LogP contribution in [0.25, 0.3) is 27.9 Å². The highest BCUT2D eigenvalue weighted by Gasteiger charge is 2.26. The largest absolute Gasteiger partial charge is 0.497 e. The number of benzene rings is 2. The van der Waals surface area contributed by atoms with Crippen molar-refractivity contribution in [2.45, 2.75) is 13.3 Å². The average molecular weight is 467 g/mol. The first-order valence-electron chi connectivity index (χ1n) is 11.0. The molecule has 3 heterocycles. The van der Waals surface area contributed by atoms with E-state index in [1.54, 1.807) is 18.3 Å². The summed E-state index contributed by atoms with van der Waals surface area (Å²) in [6, 6.07) is 15.6. The Kier molecular flexibility index (Phi) is 5.63. The highest BCUT2D eigenvalue weighted by molar-refractivity contribution is 7.89. The number of hydrogen-bond acceptors (Lipinski definition) is 7. The van der Waals surface area contributed by atoms with Crippen LogP contribution in [0.15, 0.2) is 48.5 Å². The van der Waals surface area contributed by atoms with Crippen LogP contribution in [0.4, 0.5) is 5.95 Å². The van der Waals surface area contributed by atoms with Crippen molar-refractivity contribution in [3.05, 3.63) is 48.5 Å². The Labute approximate surface area is 192 Å². The van der Waals surface area contributed by atoms with Crippen molar-refractivity contribution in [3.63, 3.8) is 0 Å². The minimum absolute atomic E-state index is 0.110. The maximum absolute atomic E-state index is 12.4. The number of hydrogen-bond donors (Lipinski definition) is 0. The van der Waals surface area contributed by atoms with E-state index in [0.717, 1.165) is 40.2 Å². The van der Waals surface area contributed by atoms with Gasteiger partial charge >= 0.3 is 0 Å². The Balaban J connectivity index is 1.64. The van der Waals surface area contributed by atoms with Crippen molar-refractivity contribution in [1.82, 2.24) is 23.9 Å². The molecule has 9 nitrogen and oxygen atoms in total. The van der Waals surface area contributed by atoms with Gasteiger partial charge in [-0.3, -0.25) is 0 Å². The molecule has 0 unspecified atom stereocenters. The van der Waals surface area contributed by atoms with Gasteiger partial charge in [-0.2, -0.15) is 0 Å². The van der Waals surface area contributed by atoms with Crippen LogP contribution in [-0.4, -0.2) is 71.3 Å². The van der Waals surface area contributed by atoms with E-state index in [4.69, 9.17) is 9.72 Å². The molecule has 172 valence electrons. The normalized spacial score (nSPS) is 15.8. The lowest BCUT2D eigenvalue weighted by atomic mass is 10.2. The molecule has 1 fully saturated rings. The smallest absolute Gasteiger partial charge is 0.213 e. The summed E-state index contributed by atoms with van der Waals surface area (Å²) in [5.41, 5.74) is 2.45. The fourth-order valence-corrected chi connectivity index (χ4v) is 5.39. The summed E-state index contributed by atoms with van der Waals surface area (Å²) in [7, 11) is -1.60. The minimum Gasteiger partial charge on any atom is -0.497 e. The molecule has 5 rings (SSSR count). The Hall–Kier alpha value is -3.24. The van der Waals surface area contributed by atoms with Gasteiger partial charge in [-0.1, -0.05) is 12.1 Å². The zero-order valence-corrected chi connectivity index (χ0v) is 19.5. The molecule has 0 radical (unpaired) electrons. The minimum atomic E-state index is -3.23. The second-order valence-corrected chi connectivity index (χ2v) is 10.2. The number of rotatable bonds is 5. The molecule has 0 saturated carbocycles. The van der Waals surface area contributed by atoms with Crippen molar-refractivity contribution < 1.29 is 13.2 Å². The Bertz CT molecular complexity index is 1400. The van der Waals surface area contributed by atoms with Crippen LogP contribution in [0.3, 0.4) is 0 Å². The Morgan fingerprint density at radius 3 is 2.52 bits per heavy atom. The molecule has 0 aliphatic carbocycles. The second-order valence-electron chi connectivity index (χ2n) is 7.98. The predicted molar refractivity (Wildman–Crippen MR) is 128 cm³/mol. The van der Waals surface area contributed by atoms with Crippen molar-refractivity contribution in [2.75, 3.05) is 43.9 Å². The van der Waals surface area contributed by atoms with E-state index in [0.29, 0.717) is 32.0 Å². The fourth-order valence-electron chi connectivity index (χ4n) is 4.26. The molecule has 0 amide bonds. The summed E-state index contributed by atoms with van der Waals surface area (Å²) in [6.07, 6.45) is 0.717. The maximum atomic E-state index is 12.4. The van der Waals surface area contributed by atoms with Gasteiger partial charge in [-0.15, -0.1) is 10.2 Å². The van der Waals surface area contributed by atoms with Crippen LogP contribution < -0.4 is 9.64 Å². The summed E-state index contributed by atoms with van der Waals surface area (Å²) in [5.74, 6) is 2.28. The summed E-state index contributed by atoms with van der Waals surface area (Å²) in [5, 5.41) is 9.95. The summed E-state index contributed by atoms with van der Waals surface area (Å²) in [6.45, 7) is 3.85. The molecule has 2 aromatic carbocycles. The Morgan fingerprint density at radius 2 is 1.76 bits per heavy atom. The van der Waals surface area contributed by atoms with Crippen molar-refractivity contribution >= 4 is 32.5 Å². The first-order chi connectivity index (χ1) is 16.0. The molecule has 0 N–H and O–H groups in total. The molecule has 1 aliphatic rings. The summed E-state index contributed by atoms with van der Waals surface area (Å²) < 4.78 is 33.7. The van der Waals surface area contributed by atoms with E-state index >= 15 is 0 Å². The quantitative estimate of drug-likeness (QED) is 0.446. The number of aromatic nitrogens is 4. The fraction of sp³-hybridized carbons (Fsp3) is 0.348. The molecular formula is C23H26N6O3S. The number of para-hydroxylation sites is 1. The van der Waals surface area contributed by atoms with Gasteiger partial charge in [0.25, 0.3) is 0 Å². The third-order valence-corrected chi connectivity index (χ3v) is 7.95. The lowest BCUT2D eigenvalue weighted by molar-refractivity contribution is 0.415. The number of fused-ring (bicyclic) bond motifs is 3. The molecule has 0 atom stereocenters. The number of ether oxygens (including phenoxy) is 1. The van der Waals surface area contributed by atoms with Gasteiger partial charge in [-0.05, 0) is 49.7 Å². The summed E-state index contributed by atoms with van der Waals surface area (Å²) >= 11 is 0. The van der Waals surface area contributed by atoms with E-state index in [1.807, 2.05) is 52.9 Å². The van der Waals surface area contributed by atoms with Crippen molar-refractivity contribution in [3.8, 4) is 17.1 Å². The monoisotopic (exact) mass is 466 g/mol. The lowest BCUT2D eigenvalue weighted by Gasteiger charge is -2.24. The highest BCUT2D eigenvalue weighted by Crippen LogP contribution is 2.29. The van der Waals surface area contributed by atoms with Crippen LogP contribution in [-0.2, 0) is 10.0 Å². The zero-order chi connectivity index (χ0) is 23.0. The van der Waals surface area contributed by atoms with Gasteiger partial charge in [0.2, 0.25) is 16.0 Å². The van der Waals surface area contributed by atoms with E-state index in [1.165, 1.54) is 0 Å². The molecule has 0 bridgehead atoms. The Morgan fingerprint density at radius 1 is 0.970 bits per heavy atom. The topological polar surface area (TPSA) is 92.9 Å². The molecule has 10 heteroatoms. The van der Waals surface area contributed by atoms with Gasteiger partial charge in [0.1, 0.15) is 5.75 Å². The van der Waals surface area contributed by atoms with Gasteiger partial charge in [0.15, 0.2) is 11.5 Å². The number of methoxy groups -OCH3 is 1. The maximum Gasteiger partial charge on any atom is 0.213 e. The summed E-state index contributed by atoms with van der Waals surface area (Å²) in [4.78, 5) is 7.12. The molecule has 0 spiro atoms. The van der Waals surface area contributed by atoms with E-state index in [2.05, 4.69) is 15.1 Å². The third kappa shape index (κ3) is 3.89. The first-order valence-corrected chi connectivity index (χ1v) is 12.6. The van der Waals surface area contributed by atoms with E-state index in [9.17, 15) is 8.42 Å². The van der Waals surface area contributed by atoms with Crippen molar-refractivity contribution in [1.29, 1.82) is 0 Å². The standard InChI is InChI=1S/C23H26N6O3S/c1-3-33(30,31)28-14-6-13-27(15-16-28)23-24-20-8-5-4-7-19(20)22-26-25-21(29(22)23)17-9-11-18(32-2)12-10-17/h4-5,7-12H,3,6,13-16H2,1-2H3. The van der Waals surface area contributed by atoms with E-state index in [-0.39, 0.29) is 5.75 Å². The predicted octanol–water partition coefficient (Wildman–Crippen LogP) is 2.81. The van der Waals surface area contributed by atoms with Crippen LogP contribution in [0.1, 0.15) is 13.3 Å². The first kappa shape index (κ1) is 21.6. The van der Waals surface area contributed by atoms with Gasteiger partial charge in [0.05, 0.1) is 18.4 Å². The molecular weight excluding hydrogens is 440 g/mol. The second kappa shape index (κ2) is 8.60. The van der Waals surface area contributed by atoms with Gasteiger partial charge < -0.3 is 9.64 Å². The molecule has 4 aromatic rings. The SMILES string of the molecule is CCS(=O)(=O)N1CCCN(c2nc3ccccc3c3nnc(-c4ccc(OC)cc4)n23)CC1. The van der Waals surface area contributed by atoms with Crippen LogP contribution in [0.5, 0.6) is 5.75 Å². The van der Waals surface area contributed by atoms with Crippen LogP contribution in [0, 0.1) is 0 Å². The molecule has 1 saturated heterocycles. The van der Waals surface area contributed by atoms with Crippen LogP contribution >= 0.6 is 0 Å². The highest BCUT2D eigenvalue weighted by atomic mass is 32.2.